The summed E-state index contributed by atoms with van der Waals surface area (Å²) in [6.07, 6.45) is 9.05. The van der Waals surface area contributed by atoms with Crippen LogP contribution in [-0.4, -0.2) is 24.3 Å². The molecule has 3 unspecified atom stereocenters. The molecular formula is C14H29NO. The highest BCUT2D eigenvalue weighted by Crippen LogP contribution is 2.25. The van der Waals surface area contributed by atoms with Crippen molar-refractivity contribution in [1.82, 2.24) is 5.32 Å². The Bertz CT molecular complexity index is 172. The second-order valence-corrected chi connectivity index (χ2v) is 5.30. The van der Waals surface area contributed by atoms with Gasteiger partial charge in [0.2, 0.25) is 0 Å². The Morgan fingerprint density at radius 3 is 2.75 bits per heavy atom. The van der Waals surface area contributed by atoms with Crippen LogP contribution < -0.4 is 5.32 Å². The Labute approximate surface area is 101 Å². The molecule has 16 heavy (non-hydrogen) atoms. The first-order chi connectivity index (χ1) is 7.81. The number of nitrogens with one attached hydrogen (secondary N) is 1. The van der Waals surface area contributed by atoms with Gasteiger partial charge in [-0.3, -0.25) is 0 Å². The van der Waals surface area contributed by atoms with Crippen LogP contribution in [0.1, 0.15) is 58.8 Å². The maximum Gasteiger partial charge on any atom is 0.0474 e. The van der Waals surface area contributed by atoms with Crippen LogP contribution in [-0.2, 0) is 0 Å². The molecule has 0 radical (unpaired) electrons. The van der Waals surface area contributed by atoms with E-state index in [1.807, 2.05) is 0 Å². The van der Waals surface area contributed by atoms with E-state index < -0.39 is 0 Å². The molecule has 1 rings (SSSR count). The smallest absolute Gasteiger partial charge is 0.0474 e. The summed E-state index contributed by atoms with van der Waals surface area (Å²) in [6.45, 7) is 6.07. The van der Waals surface area contributed by atoms with Crippen molar-refractivity contribution in [1.29, 1.82) is 0 Å². The Kier molecular flexibility index (Phi) is 7.06. The largest absolute Gasteiger partial charge is 0.396 e. The van der Waals surface area contributed by atoms with Gasteiger partial charge >= 0.3 is 0 Å². The molecule has 0 amide bonds. The van der Waals surface area contributed by atoms with Gasteiger partial charge in [-0.1, -0.05) is 39.5 Å². The molecule has 0 bridgehead atoms. The fourth-order valence-corrected chi connectivity index (χ4v) is 2.79. The average molecular weight is 227 g/mol. The second-order valence-electron chi connectivity index (χ2n) is 5.30. The summed E-state index contributed by atoms with van der Waals surface area (Å²) in [6, 6.07) is 0.584. The fraction of sp³-hybridized carbons (Fsp3) is 1.00. The zero-order chi connectivity index (χ0) is 11.8. The lowest BCUT2D eigenvalue weighted by Gasteiger charge is -2.22. The number of rotatable bonds is 8. The molecule has 2 heteroatoms. The number of aliphatic hydroxyl groups is 1. The summed E-state index contributed by atoms with van der Waals surface area (Å²) in [5, 5.41) is 12.9. The van der Waals surface area contributed by atoms with Gasteiger partial charge in [-0.25, -0.2) is 0 Å². The zero-order valence-electron chi connectivity index (χ0n) is 11.0. The van der Waals surface area contributed by atoms with Crippen molar-refractivity contribution in [3.8, 4) is 0 Å². The van der Waals surface area contributed by atoms with Crippen LogP contribution >= 0.6 is 0 Å². The predicted octanol–water partition coefficient (Wildman–Crippen LogP) is 2.95. The molecule has 0 saturated heterocycles. The molecule has 2 nitrogen and oxygen atoms in total. The molecule has 0 heterocycles. The van der Waals surface area contributed by atoms with E-state index in [4.69, 9.17) is 0 Å². The molecule has 2 N–H and O–H groups in total. The molecular weight excluding hydrogens is 198 g/mol. The van der Waals surface area contributed by atoms with E-state index in [1.54, 1.807) is 0 Å². The molecule has 1 aliphatic carbocycles. The number of hydrogen-bond donors (Lipinski definition) is 2. The van der Waals surface area contributed by atoms with E-state index in [0.717, 1.165) is 12.5 Å². The van der Waals surface area contributed by atoms with Gasteiger partial charge in [-0.05, 0) is 37.6 Å². The minimum atomic E-state index is 0.365. The van der Waals surface area contributed by atoms with Gasteiger partial charge in [0, 0.05) is 12.6 Å². The monoisotopic (exact) mass is 227 g/mol. The van der Waals surface area contributed by atoms with Crippen LogP contribution in [0, 0.1) is 11.8 Å². The van der Waals surface area contributed by atoms with Gasteiger partial charge in [0.1, 0.15) is 0 Å². The first-order valence-electron chi connectivity index (χ1n) is 7.16. The van der Waals surface area contributed by atoms with Crippen molar-refractivity contribution in [3.05, 3.63) is 0 Å². The number of aliphatic hydroxyl groups excluding tert-OH is 1. The summed E-state index contributed by atoms with van der Waals surface area (Å²) in [4.78, 5) is 0. The summed E-state index contributed by atoms with van der Waals surface area (Å²) >= 11 is 0. The van der Waals surface area contributed by atoms with Crippen molar-refractivity contribution in [2.24, 2.45) is 11.8 Å². The third kappa shape index (κ3) is 4.42. The van der Waals surface area contributed by atoms with Crippen LogP contribution in [0.5, 0.6) is 0 Å². The van der Waals surface area contributed by atoms with Crippen LogP contribution in [0.4, 0.5) is 0 Å². The average Bonchev–Trinajstić information content (AvgIpc) is 2.77. The number of hydrogen-bond acceptors (Lipinski definition) is 2. The molecule has 0 aliphatic heterocycles. The Morgan fingerprint density at radius 2 is 2.12 bits per heavy atom. The van der Waals surface area contributed by atoms with Crippen molar-refractivity contribution < 1.29 is 5.11 Å². The Hall–Kier alpha value is -0.0800. The van der Waals surface area contributed by atoms with E-state index in [0.29, 0.717) is 18.6 Å². The maximum absolute atomic E-state index is 9.26. The van der Waals surface area contributed by atoms with Gasteiger partial charge < -0.3 is 10.4 Å². The van der Waals surface area contributed by atoms with E-state index in [9.17, 15) is 5.11 Å². The van der Waals surface area contributed by atoms with Gasteiger partial charge in [0.25, 0.3) is 0 Å². The molecule has 1 aliphatic rings. The molecule has 1 saturated carbocycles. The quantitative estimate of drug-likeness (QED) is 0.668. The molecule has 96 valence electrons. The molecule has 3 atom stereocenters. The standard InChI is InChI=1S/C14H29NO/c1-3-5-7-12(4-2)10-15-14-9-6-8-13(14)11-16/h12-16H,3-11H2,1-2H3. The lowest BCUT2D eigenvalue weighted by atomic mass is 9.98. The predicted molar refractivity (Wildman–Crippen MR) is 69.5 cm³/mol. The highest BCUT2D eigenvalue weighted by molar-refractivity contribution is 4.83. The minimum absolute atomic E-state index is 0.365. The van der Waals surface area contributed by atoms with Gasteiger partial charge in [0.15, 0.2) is 0 Å². The molecule has 0 spiro atoms. The summed E-state index contributed by atoms with van der Waals surface area (Å²) in [7, 11) is 0. The van der Waals surface area contributed by atoms with Gasteiger partial charge in [-0.15, -0.1) is 0 Å². The highest BCUT2D eigenvalue weighted by Gasteiger charge is 2.26. The number of unbranched alkanes of at least 4 members (excludes halogenated alkanes) is 1. The van der Waals surface area contributed by atoms with Crippen molar-refractivity contribution in [2.75, 3.05) is 13.2 Å². The lowest BCUT2D eigenvalue weighted by molar-refractivity contribution is 0.201. The van der Waals surface area contributed by atoms with Crippen molar-refractivity contribution in [3.63, 3.8) is 0 Å². The van der Waals surface area contributed by atoms with Crippen LogP contribution in [0.15, 0.2) is 0 Å². The van der Waals surface area contributed by atoms with Crippen molar-refractivity contribution in [2.45, 2.75) is 64.8 Å². The second kappa shape index (κ2) is 8.08. The summed E-state index contributed by atoms with van der Waals surface area (Å²) < 4.78 is 0. The van der Waals surface area contributed by atoms with Gasteiger partial charge in [0.05, 0.1) is 0 Å². The van der Waals surface area contributed by atoms with Crippen LogP contribution in [0.2, 0.25) is 0 Å². The van der Waals surface area contributed by atoms with Crippen molar-refractivity contribution >= 4 is 0 Å². The molecule has 0 aromatic carbocycles. The van der Waals surface area contributed by atoms with Gasteiger partial charge in [-0.2, -0.15) is 0 Å². The molecule has 0 aromatic heterocycles. The lowest BCUT2D eigenvalue weighted by Crippen LogP contribution is -2.37. The third-order valence-electron chi connectivity index (χ3n) is 4.11. The Morgan fingerprint density at radius 1 is 1.31 bits per heavy atom. The van der Waals surface area contributed by atoms with Crippen LogP contribution in [0.3, 0.4) is 0 Å². The molecule has 1 fully saturated rings. The zero-order valence-corrected chi connectivity index (χ0v) is 11.0. The fourth-order valence-electron chi connectivity index (χ4n) is 2.79. The normalized spacial score (nSPS) is 27.2. The van der Waals surface area contributed by atoms with E-state index in [2.05, 4.69) is 19.2 Å². The first-order valence-corrected chi connectivity index (χ1v) is 7.16. The van der Waals surface area contributed by atoms with E-state index in [-0.39, 0.29) is 0 Å². The Balaban J connectivity index is 2.20. The molecule has 0 aromatic rings. The van der Waals surface area contributed by atoms with E-state index >= 15 is 0 Å². The first kappa shape index (κ1) is 14.0. The highest BCUT2D eigenvalue weighted by atomic mass is 16.3. The third-order valence-corrected chi connectivity index (χ3v) is 4.11. The minimum Gasteiger partial charge on any atom is -0.396 e. The summed E-state index contributed by atoms with van der Waals surface area (Å²) in [5.74, 6) is 1.35. The topological polar surface area (TPSA) is 32.3 Å². The maximum atomic E-state index is 9.26. The van der Waals surface area contributed by atoms with Crippen LogP contribution in [0.25, 0.3) is 0 Å². The SMILES string of the molecule is CCCCC(CC)CNC1CCCC1CO. The van der Waals surface area contributed by atoms with E-state index in [1.165, 1.54) is 44.9 Å². The summed E-state index contributed by atoms with van der Waals surface area (Å²) in [5.41, 5.74) is 0.